The molecule has 3 nitrogen and oxygen atoms in total. The first-order valence-corrected chi connectivity index (χ1v) is 8.45. The molecule has 1 unspecified atom stereocenters. The molecule has 0 aliphatic heterocycles. The number of rotatable bonds is 10. The predicted octanol–water partition coefficient (Wildman–Crippen LogP) is 4.13. The van der Waals surface area contributed by atoms with Gasteiger partial charge in [-0.05, 0) is 25.8 Å². The minimum absolute atomic E-state index is 0.513. The van der Waals surface area contributed by atoms with Gasteiger partial charge in [0.05, 0.1) is 16.4 Å². The molecular formula is C16H30ClN3. The SMILES string of the molecule is CCCCCC(Cc1c(Cl)c(CC)nn1C)NCCC. The minimum atomic E-state index is 0.513. The van der Waals surface area contributed by atoms with Crippen molar-refractivity contribution < 1.29 is 0 Å². The highest BCUT2D eigenvalue weighted by Crippen LogP contribution is 2.23. The van der Waals surface area contributed by atoms with Crippen LogP contribution in [0.4, 0.5) is 0 Å². The monoisotopic (exact) mass is 299 g/mol. The first-order valence-electron chi connectivity index (χ1n) is 8.07. The summed E-state index contributed by atoms with van der Waals surface area (Å²) in [6, 6.07) is 0.513. The van der Waals surface area contributed by atoms with Crippen molar-refractivity contribution in [3.05, 3.63) is 16.4 Å². The minimum Gasteiger partial charge on any atom is -0.314 e. The number of hydrogen-bond donors (Lipinski definition) is 1. The molecule has 20 heavy (non-hydrogen) atoms. The highest BCUT2D eigenvalue weighted by molar-refractivity contribution is 6.31. The Morgan fingerprint density at radius 3 is 2.50 bits per heavy atom. The Hall–Kier alpha value is -0.540. The second kappa shape index (κ2) is 9.41. The van der Waals surface area contributed by atoms with E-state index in [2.05, 4.69) is 31.2 Å². The molecule has 0 fully saturated rings. The summed E-state index contributed by atoms with van der Waals surface area (Å²) in [6.45, 7) is 7.64. The summed E-state index contributed by atoms with van der Waals surface area (Å²) in [7, 11) is 2.00. The highest BCUT2D eigenvalue weighted by Gasteiger charge is 2.17. The van der Waals surface area contributed by atoms with E-state index in [0.29, 0.717) is 6.04 Å². The standard InChI is InChI=1S/C16H30ClN3/c1-5-8-9-10-13(18-11-6-2)12-15-16(17)14(7-3)19-20(15)4/h13,18H,5-12H2,1-4H3. The fraction of sp³-hybridized carbons (Fsp3) is 0.812. The van der Waals surface area contributed by atoms with Gasteiger partial charge in [0.2, 0.25) is 0 Å². The molecule has 0 spiro atoms. The third kappa shape index (κ3) is 5.10. The molecule has 0 aliphatic carbocycles. The number of hydrogen-bond acceptors (Lipinski definition) is 2. The average molecular weight is 300 g/mol. The van der Waals surface area contributed by atoms with E-state index in [1.54, 1.807) is 0 Å². The molecule has 0 aliphatic rings. The van der Waals surface area contributed by atoms with Crippen LogP contribution < -0.4 is 5.32 Å². The molecular weight excluding hydrogens is 270 g/mol. The van der Waals surface area contributed by atoms with Crippen molar-refractivity contribution >= 4 is 11.6 Å². The fourth-order valence-corrected chi connectivity index (χ4v) is 2.91. The number of halogens is 1. The van der Waals surface area contributed by atoms with Gasteiger partial charge in [-0.1, -0.05) is 51.6 Å². The van der Waals surface area contributed by atoms with E-state index in [1.165, 1.54) is 37.8 Å². The maximum Gasteiger partial charge on any atom is 0.0850 e. The second-order valence-electron chi connectivity index (χ2n) is 5.54. The second-order valence-corrected chi connectivity index (χ2v) is 5.91. The van der Waals surface area contributed by atoms with Gasteiger partial charge in [0.15, 0.2) is 0 Å². The fourth-order valence-electron chi connectivity index (χ4n) is 2.54. The van der Waals surface area contributed by atoms with Crippen LogP contribution in [-0.2, 0) is 19.9 Å². The van der Waals surface area contributed by atoms with Crippen LogP contribution in [0.25, 0.3) is 0 Å². The molecule has 4 heteroatoms. The van der Waals surface area contributed by atoms with Crippen LogP contribution in [0.5, 0.6) is 0 Å². The zero-order chi connectivity index (χ0) is 15.0. The number of nitrogens with zero attached hydrogens (tertiary/aromatic N) is 2. The van der Waals surface area contributed by atoms with Gasteiger partial charge >= 0.3 is 0 Å². The Labute approximate surface area is 129 Å². The molecule has 0 saturated heterocycles. The van der Waals surface area contributed by atoms with Crippen LogP contribution in [0.2, 0.25) is 5.02 Å². The molecule has 0 aromatic carbocycles. The lowest BCUT2D eigenvalue weighted by atomic mass is 10.0. The van der Waals surface area contributed by atoms with Gasteiger partial charge < -0.3 is 5.32 Å². The Kier molecular flexibility index (Phi) is 8.24. The third-order valence-electron chi connectivity index (χ3n) is 3.78. The topological polar surface area (TPSA) is 29.9 Å². The van der Waals surface area contributed by atoms with Crippen molar-refractivity contribution in [2.75, 3.05) is 6.54 Å². The lowest BCUT2D eigenvalue weighted by Crippen LogP contribution is -2.32. The van der Waals surface area contributed by atoms with Crippen molar-refractivity contribution in [2.24, 2.45) is 7.05 Å². The van der Waals surface area contributed by atoms with Crippen LogP contribution in [0.1, 0.15) is 64.3 Å². The van der Waals surface area contributed by atoms with Crippen molar-refractivity contribution in [3.63, 3.8) is 0 Å². The summed E-state index contributed by atoms with van der Waals surface area (Å²) in [5.41, 5.74) is 2.19. The van der Waals surface area contributed by atoms with Gasteiger partial charge in [0, 0.05) is 19.5 Å². The molecule has 1 atom stereocenters. The normalized spacial score (nSPS) is 12.8. The maximum atomic E-state index is 6.46. The molecule has 0 radical (unpaired) electrons. The molecule has 1 rings (SSSR count). The van der Waals surface area contributed by atoms with Crippen LogP contribution in [0.15, 0.2) is 0 Å². The van der Waals surface area contributed by atoms with E-state index in [0.717, 1.165) is 30.1 Å². The highest BCUT2D eigenvalue weighted by atomic mass is 35.5. The molecule has 116 valence electrons. The summed E-state index contributed by atoms with van der Waals surface area (Å²) < 4.78 is 1.96. The first kappa shape index (κ1) is 17.5. The Morgan fingerprint density at radius 1 is 1.20 bits per heavy atom. The summed E-state index contributed by atoms with van der Waals surface area (Å²) in [5.74, 6) is 0. The number of aromatic nitrogens is 2. The zero-order valence-corrected chi connectivity index (χ0v) is 14.3. The van der Waals surface area contributed by atoms with Gasteiger partial charge in [-0.25, -0.2) is 0 Å². The van der Waals surface area contributed by atoms with Crippen molar-refractivity contribution in [1.29, 1.82) is 0 Å². The van der Waals surface area contributed by atoms with Crippen molar-refractivity contribution in [3.8, 4) is 0 Å². The van der Waals surface area contributed by atoms with Gasteiger partial charge in [0.1, 0.15) is 0 Å². The summed E-state index contributed by atoms with van der Waals surface area (Å²) >= 11 is 6.46. The molecule has 1 aromatic rings. The van der Waals surface area contributed by atoms with Gasteiger partial charge in [-0.3, -0.25) is 4.68 Å². The summed E-state index contributed by atoms with van der Waals surface area (Å²) in [5, 5.41) is 9.04. The Bertz CT molecular complexity index is 387. The third-order valence-corrected chi connectivity index (χ3v) is 4.22. The van der Waals surface area contributed by atoms with Crippen molar-refractivity contribution in [2.45, 2.75) is 71.8 Å². The van der Waals surface area contributed by atoms with Crippen LogP contribution in [0.3, 0.4) is 0 Å². The quantitative estimate of drug-likeness (QED) is 0.658. The molecule has 0 amide bonds. The Balaban J connectivity index is 2.69. The maximum absolute atomic E-state index is 6.46. The lowest BCUT2D eigenvalue weighted by molar-refractivity contribution is 0.446. The van der Waals surface area contributed by atoms with E-state index in [9.17, 15) is 0 Å². The molecule has 1 heterocycles. The summed E-state index contributed by atoms with van der Waals surface area (Å²) in [6.07, 6.45) is 8.13. The van der Waals surface area contributed by atoms with E-state index >= 15 is 0 Å². The van der Waals surface area contributed by atoms with Crippen LogP contribution in [0, 0.1) is 0 Å². The summed E-state index contributed by atoms with van der Waals surface area (Å²) in [4.78, 5) is 0. The van der Waals surface area contributed by atoms with Gasteiger partial charge in [-0.2, -0.15) is 5.10 Å². The van der Waals surface area contributed by atoms with E-state index < -0.39 is 0 Å². The van der Waals surface area contributed by atoms with E-state index in [1.807, 2.05) is 11.7 Å². The zero-order valence-electron chi connectivity index (χ0n) is 13.5. The van der Waals surface area contributed by atoms with Crippen molar-refractivity contribution in [1.82, 2.24) is 15.1 Å². The number of nitrogens with one attached hydrogen (secondary N) is 1. The number of aryl methyl sites for hydroxylation is 2. The van der Waals surface area contributed by atoms with E-state index in [-0.39, 0.29) is 0 Å². The average Bonchev–Trinajstić information content (AvgIpc) is 2.71. The van der Waals surface area contributed by atoms with E-state index in [4.69, 9.17) is 11.6 Å². The number of unbranched alkanes of at least 4 members (excludes halogenated alkanes) is 2. The first-order chi connectivity index (χ1) is 9.63. The molecule has 1 aromatic heterocycles. The smallest absolute Gasteiger partial charge is 0.0850 e. The molecule has 1 N–H and O–H groups in total. The molecule has 0 bridgehead atoms. The lowest BCUT2D eigenvalue weighted by Gasteiger charge is -2.18. The molecule has 0 saturated carbocycles. The predicted molar refractivity (Wildman–Crippen MR) is 87.5 cm³/mol. The van der Waals surface area contributed by atoms with Gasteiger partial charge in [0.25, 0.3) is 0 Å². The van der Waals surface area contributed by atoms with Gasteiger partial charge in [-0.15, -0.1) is 0 Å². The largest absolute Gasteiger partial charge is 0.314 e. The van der Waals surface area contributed by atoms with Crippen LogP contribution >= 0.6 is 11.6 Å². The van der Waals surface area contributed by atoms with Crippen LogP contribution in [-0.4, -0.2) is 22.4 Å². The Morgan fingerprint density at radius 2 is 1.95 bits per heavy atom.